The van der Waals surface area contributed by atoms with Crippen LogP contribution in [0, 0.1) is 0 Å². The quantitative estimate of drug-likeness (QED) is 0.554. The molecule has 0 aliphatic rings. The molecule has 1 aromatic rings. The lowest BCUT2D eigenvalue weighted by molar-refractivity contribution is 0.135. The van der Waals surface area contributed by atoms with Gasteiger partial charge in [-0.1, -0.05) is 0 Å². The number of likely N-dealkylation sites (N-methyl/N-ethyl adjacent to an activating group) is 1. The Morgan fingerprint density at radius 2 is 2.13 bits per heavy atom. The Bertz CT molecular complexity index is 315. The van der Waals surface area contributed by atoms with Crippen LogP contribution in [-0.2, 0) is 7.05 Å². The first-order valence-electron chi connectivity index (χ1n) is 5.02. The van der Waals surface area contributed by atoms with Gasteiger partial charge in [-0.3, -0.25) is 10.5 Å². The van der Waals surface area contributed by atoms with E-state index >= 15 is 0 Å². The van der Waals surface area contributed by atoms with Crippen molar-refractivity contribution >= 4 is 0 Å². The standard InChI is InChI=1S/C10H21N5/c1-10(2,14(3)4)9(12-11)8-6-7-15(5)13-8/h6-7,9,12H,11H2,1-5H3. The molecule has 0 amide bonds. The van der Waals surface area contributed by atoms with E-state index in [0.717, 1.165) is 5.69 Å². The minimum Gasteiger partial charge on any atom is -0.302 e. The van der Waals surface area contributed by atoms with Crippen LogP contribution >= 0.6 is 0 Å². The molecule has 5 nitrogen and oxygen atoms in total. The van der Waals surface area contributed by atoms with Gasteiger partial charge in [0.25, 0.3) is 0 Å². The van der Waals surface area contributed by atoms with Gasteiger partial charge in [-0.05, 0) is 34.0 Å². The third-order valence-electron chi connectivity index (χ3n) is 3.06. The molecule has 0 bridgehead atoms. The summed E-state index contributed by atoms with van der Waals surface area (Å²) in [4.78, 5) is 2.13. The number of hydrogen-bond donors (Lipinski definition) is 2. The largest absolute Gasteiger partial charge is 0.302 e. The number of aryl methyl sites for hydroxylation is 1. The fraction of sp³-hybridized carbons (Fsp3) is 0.700. The maximum atomic E-state index is 5.61. The van der Waals surface area contributed by atoms with Crippen LogP contribution in [0.2, 0.25) is 0 Å². The van der Waals surface area contributed by atoms with Crippen molar-refractivity contribution in [1.29, 1.82) is 0 Å². The summed E-state index contributed by atoms with van der Waals surface area (Å²) in [5, 5.41) is 4.38. The van der Waals surface area contributed by atoms with Crippen molar-refractivity contribution in [3.8, 4) is 0 Å². The van der Waals surface area contributed by atoms with Crippen LogP contribution in [0.3, 0.4) is 0 Å². The average Bonchev–Trinajstić information content (AvgIpc) is 2.52. The maximum absolute atomic E-state index is 5.61. The summed E-state index contributed by atoms with van der Waals surface area (Å²) in [5.41, 5.74) is 3.70. The zero-order valence-electron chi connectivity index (χ0n) is 10.2. The highest BCUT2D eigenvalue weighted by Crippen LogP contribution is 2.27. The third kappa shape index (κ3) is 2.37. The van der Waals surface area contributed by atoms with Gasteiger partial charge >= 0.3 is 0 Å². The molecular formula is C10H21N5. The zero-order valence-corrected chi connectivity index (χ0v) is 10.2. The van der Waals surface area contributed by atoms with E-state index in [1.54, 1.807) is 4.68 Å². The molecule has 1 atom stereocenters. The van der Waals surface area contributed by atoms with Crippen molar-refractivity contribution < 1.29 is 0 Å². The number of aromatic nitrogens is 2. The molecule has 0 aliphatic heterocycles. The number of nitrogens with two attached hydrogens (primary N) is 1. The Hall–Kier alpha value is -0.910. The van der Waals surface area contributed by atoms with Crippen LogP contribution in [0.5, 0.6) is 0 Å². The SMILES string of the molecule is CN(C)C(C)(C)C(NN)c1ccn(C)n1. The molecular weight excluding hydrogens is 190 g/mol. The number of hydrazine groups is 1. The lowest BCUT2D eigenvalue weighted by Gasteiger charge is -2.38. The van der Waals surface area contributed by atoms with Gasteiger partial charge in [-0.2, -0.15) is 5.10 Å². The van der Waals surface area contributed by atoms with Gasteiger partial charge in [0.1, 0.15) is 0 Å². The molecule has 1 unspecified atom stereocenters. The van der Waals surface area contributed by atoms with Crippen molar-refractivity contribution in [2.45, 2.75) is 25.4 Å². The molecule has 86 valence electrons. The van der Waals surface area contributed by atoms with E-state index in [1.165, 1.54) is 0 Å². The van der Waals surface area contributed by atoms with E-state index in [0.29, 0.717) is 0 Å². The van der Waals surface area contributed by atoms with Crippen LogP contribution in [0.4, 0.5) is 0 Å². The van der Waals surface area contributed by atoms with Gasteiger partial charge in [0.05, 0.1) is 11.7 Å². The lowest BCUT2D eigenvalue weighted by Crippen LogP contribution is -2.51. The molecule has 0 radical (unpaired) electrons. The minimum atomic E-state index is -0.0941. The minimum absolute atomic E-state index is 0.00806. The van der Waals surface area contributed by atoms with Crippen LogP contribution in [0.15, 0.2) is 12.3 Å². The number of nitrogens with one attached hydrogen (secondary N) is 1. The van der Waals surface area contributed by atoms with E-state index in [4.69, 9.17) is 5.84 Å². The summed E-state index contributed by atoms with van der Waals surface area (Å²) in [5.74, 6) is 5.61. The van der Waals surface area contributed by atoms with Gasteiger partial charge in [0, 0.05) is 18.8 Å². The highest BCUT2D eigenvalue weighted by atomic mass is 15.3. The van der Waals surface area contributed by atoms with Gasteiger partial charge < -0.3 is 4.90 Å². The Morgan fingerprint density at radius 1 is 1.53 bits per heavy atom. The monoisotopic (exact) mass is 211 g/mol. The first-order chi connectivity index (χ1) is 6.89. The summed E-state index contributed by atoms with van der Waals surface area (Å²) >= 11 is 0. The number of hydrogen-bond acceptors (Lipinski definition) is 4. The average molecular weight is 211 g/mol. The Kier molecular flexibility index (Phi) is 3.49. The van der Waals surface area contributed by atoms with E-state index in [9.17, 15) is 0 Å². The van der Waals surface area contributed by atoms with Crippen LogP contribution in [-0.4, -0.2) is 34.3 Å². The first kappa shape index (κ1) is 12.2. The molecule has 1 rings (SSSR count). The lowest BCUT2D eigenvalue weighted by atomic mass is 9.91. The predicted octanol–water partition coefficient (Wildman–Crippen LogP) is 0.265. The molecule has 5 heteroatoms. The summed E-state index contributed by atoms with van der Waals surface area (Å²) < 4.78 is 1.78. The van der Waals surface area contributed by atoms with E-state index in [-0.39, 0.29) is 11.6 Å². The van der Waals surface area contributed by atoms with Gasteiger partial charge in [0.15, 0.2) is 0 Å². The maximum Gasteiger partial charge on any atom is 0.0828 e. The Morgan fingerprint density at radius 3 is 2.47 bits per heavy atom. The smallest absolute Gasteiger partial charge is 0.0828 e. The molecule has 0 aromatic carbocycles. The second kappa shape index (κ2) is 4.30. The predicted molar refractivity (Wildman–Crippen MR) is 61.0 cm³/mol. The molecule has 1 aromatic heterocycles. The topological polar surface area (TPSA) is 59.1 Å². The second-order valence-electron chi connectivity index (χ2n) is 4.56. The van der Waals surface area contributed by atoms with Crippen molar-refractivity contribution in [2.24, 2.45) is 12.9 Å². The first-order valence-corrected chi connectivity index (χ1v) is 5.02. The van der Waals surface area contributed by atoms with Gasteiger partial charge in [-0.15, -0.1) is 0 Å². The summed E-state index contributed by atoms with van der Waals surface area (Å²) in [6, 6.07) is 1.99. The molecule has 1 heterocycles. The number of rotatable bonds is 4. The second-order valence-corrected chi connectivity index (χ2v) is 4.56. The van der Waals surface area contributed by atoms with Crippen molar-refractivity contribution in [3.63, 3.8) is 0 Å². The molecule has 0 spiro atoms. The number of nitrogens with zero attached hydrogens (tertiary/aromatic N) is 3. The summed E-state index contributed by atoms with van der Waals surface area (Å²) in [6.07, 6.45) is 1.92. The fourth-order valence-electron chi connectivity index (χ4n) is 1.50. The van der Waals surface area contributed by atoms with Crippen molar-refractivity contribution in [1.82, 2.24) is 20.1 Å². The third-order valence-corrected chi connectivity index (χ3v) is 3.06. The van der Waals surface area contributed by atoms with Crippen LogP contribution < -0.4 is 11.3 Å². The van der Waals surface area contributed by atoms with Crippen LogP contribution in [0.25, 0.3) is 0 Å². The van der Waals surface area contributed by atoms with Crippen molar-refractivity contribution in [2.75, 3.05) is 14.1 Å². The van der Waals surface area contributed by atoms with Gasteiger partial charge in [0.2, 0.25) is 0 Å². The summed E-state index contributed by atoms with van der Waals surface area (Å²) in [6.45, 7) is 4.26. The molecule has 0 saturated heterocycles. The van der Waals surface area contributed by atoms with Gasteiger partial charge in [-0.25, -0.2) is 5.43 Å². The Balaban J connectivity index is 2.98. The molecule has 0 fully saturated rings. The van der Waals surface area contributed by atoms with E-state index in [2.05, 4.69) is 29.3 Å². The molecule has 0 aliphatic carbocycles. The van der Waals surface area contributed by atoms with E-state index in [1.807, 2.05) is 33.4 Å². The van der Waals surface area contributed by atoms with Crippen LogP contribution in [0.1, 0.15) is 25.6 Å². The Labute approximate surface area is 91.2 Å². The highest BCUT2D eigenvalue weighted by molar-refractivity contribution is 5.11. The molecule has 3 N–H and O–H groups in total. The normalized spacial score (nSPS) is 14.6. The zero-order chi connectivity index (χ0) is 11.6. The summed E-state index contributed by atoms with van der Waals surface area (Å²) in [7, 11) is 5.97. The fourth-order valence-corrected chi connectivity index (χ4v) is 1.50. The van der Waals surface area contributed by atoms with Crippen molar-refractivity contribution in [3.05, 3.63) is 18.0 Å². The highest BCUT2D eigenvalue weighted by Gasteiger charge is 2.33. The van der Waals surface area contributed by atoms with E-state index < -0.39 is 0 Å². The molecule has 0 saturated carbocycles. The molecule has 15 heavy (non-hydrogen) atoms.